The van der Waals surface area contributed by atoms with Crippen molar-refractivity contribution >= 4 is 23.1 Å². The fourth-order valence-corrected chi connectivity index (χ4v) is 3.33. The first-order valence-corrected chi connectivity index (χ1v) is 9.12. The largest absolute Gasteiger partial charge is 0.378 e. The molecule has 3 heterocycles. The van der Waals surface area contributed by atoms with E-state index in [1.165, 1.54) is 18.5 Å². The molecule has 0 atom stereocenters. The van der Waals surface area contributed by atoms with Crippen molar-refractivity contribution in [2.24, 2.45) is 0 Å². The highest BCUT2D eigenvalue weighted by Crippen LogP contribution is 2.22. The van der Waals surface area contributed by atoms with Gasteiger partial charge in [0.25, 0.3) is 5.91 Å². The molecule has 1 amide bonds. The average molecular weight is 353 g/mol. The Hall–Kier alpha value is -2.67. The number of hydrogen-bond donors (Lipinski definition) is 1. The van der Waals surface area contributed by atoms with Crippen LogP contribution in [0.3, 0.4) is 0 Å². The van der Waals surface area contributed by atoms with Gasteiger partial charge in [-0.3, -0.25) is 4.79 Å². The van der Waals surface area contributed by atoms with Crippen molar-refractivity contribution in [2.75, 3.05) is 54.5 Å². The summed E-state index contributed by atoms with van der Waals surface area (Å²) < 4.78 is 5.33. The lowest BCUT2D eigenvalue weighted by molar-refractivity contribution is 0.102. The van der Waals surface area contributed by atoms with E-state index in [0.717, 1.165) is 37.7 Å². The Morgan fingerprint density at radius 2 is 1.62 bits per heavy atom. The molecular formula is C19H23N5O2. The fraction of sp³-hybridized carbons (Fsp3) is 0.421. The van der Waals surface area contributed by atoms with E-state index in [-0.39, 0.29) is 5.91 Å². The van der Waals surface area contributed by atoms with Gasteiger partial charge in [0, 0.05) is 37.6 Å². The molecule has 1 aromatic carbocycles. The molecule has 1 aromatic heterocycles. The van der Waals surface area contributed by atoms with Gasteiger partial charge in [-0.15, -0.1) is 10.2 Å². The molecule has 2 aliphatic heterocycles. The number of amides is 1. The minimum absolute atomic E-state index is 0.250. The lowest BCUT2D eigenvalue weighted by atomic mass is 10.2. The van der Waals surface area contributed by atoms with Crippen molar-refractivity contribution < 1.29 is 9.53 Å². The van der Waals surface area contributed by atoms with E-state index >= 15 is 0 Å². The number of aromatic nitrogens is 2. The topological polar surface area (TPSA) is 70.6 Å². The summed E-state index contributed by atoms with van der Waals surface area (Å²) in [5.74, 6) is 0.528. The van der Waals surface area contributed by atoms with Crippen LogP contribution in [0.15, 0.2) is 36.4 Å². The molecule has 2 saturated heterocycles. The highest BCUT2D eigenvalue weighted by molar-refractivity contribution is 6.02. The first-order valence-electron chi connectivity index (χ1n) is 9.12. The molecular weight excluding hydrogens is 330 g/mol. The van der Waals surface area contributed by atoms with Crippen molar-refractivity contribution in [2.45, 2.75) is 12.8 Å². The number of morpholine rings is 1. The summed E-state index contributed by atoms with van der Waals surface area (Å²) >= 11 is 0. The van der Waals surface area contributed by atoms with E-state index in [4.69, 9.17) is 4.74 Å². The second kappa shape index (κ2) is 7.70. The normalized spacial score (nSPS) is 17.4. The molecule has 136 valence electrons. The number of nitrogens with one attached hydrogen (secondary N) is 1. The Morgan fingerprint density at radius 1 is 0.885 bits per heavy atom. The van der Waals surface area contributed by atoms with E-state index in [9.17, 15) is 4.79 Å². The van der Waals surface area contributed by atoms with Gasteiger partial charge >= 0.3 is 0 Å². The fourth-order valence-electron chi connectivity index (χ4n) is 3.33. The van der Waals surface area contributed by atoms with Crippen LogP contribution in [0.4, 0.5) is 17.2 Å². The van der Waals surface area contributed by atoms with Crippen molar-refractivity contribution in [1.29, 1.82) is 0 Å². The number of hydrogen-bond acceptors (Lipinski definition) is 6. The minimum Gasteiger partial charge on any atom is -0.378 e. The van der Waals surface area contributed by atoms with Crippen molar-refractivity contribution in [3.05, 3.63) is 42.1 Å². The highest BCUT2D eigenvalue weighted by Gasteiger charge is 2.15. The number of nitrogens with zero attached hydrogens (tertiary/aromatic N) is 4. The molecule has 0 saturated carbocycles. The molecule has 0 unspecified atom stereocenters. The van der Waals surface area contributed by atoms with Crippen LogP contribution in [-0.4, -0.2) is 55.5 Å². The van der Waals surface area contributed by atoms with Crippen LogP contribution < -0.4 is 15.1 Å². The van der Waals surface area contributed by atoms with Gasteiger partial charge in [-0.05, 0) is 49.2 Å². The maximum Gasteiger partial charge on any atom is 0.276 e. The maximum absolute atomic E-state index is 12.4. The summed E-state index contributed by atoms with van der Waals surface area (Å²) in [4.78, 5) is 16.9. The zero-order valence-electron chi connectivity index (χ0n) is 14.7. The summed E-state index contributed by atoms with van der Waals surface area (Å²) in [7, 11) is 0. The molecule has 7 nitrogen and oxygen atoms in total. The van der Waals surface area contributed by atoms with E-state index in [0.29, 0.717) is 18.9 Å². The lowest BCUT2D eigenvalue weighted by Gasteiger charge is -2.27. The molecule has 0 aliphatic carbocycles. The van der Waals surface area contributed by atoms with Crippen LogP contribution >= 0.6 is 0 Å². The van der Waals surface area contributed by atoms with Gasteiger partial charge in [0.05, 0.1) is 13.2 Å². The Morgan fingerprint density at radius 3 is 2.27 bits per heavy atom. The maximum atomic E-state index is 12.4. The minimum atomic E-state index is -0.250. The zero-order chi connectivity index (χ0) is 17.8. The van der Waals surface area contributed by atoms with Crippen molar-refractivity contribution in [1.82, 2.24) is 10.2 Å². The number of anilines is 3. The van der Waals surface area contributed by atoms with Crippen LogP contribution in [0.5, 0.6) is 0 Å². The Bertz CT molecular complexity index is 736. The monoisotopic (exact) mass is 353 g/mol. The Balaban J connectivity index is 1.38. The number of benzene rings is 1. The van der Waals surface area contributed by atoms with Crippen LogP contribution in [-0.2, 0) is 4.74 Å². The quantitative estimate of drug-likeness (QED) is 0.908. The summed E-state index contributed by atoms with van der Waals surface area (Å²) in [5.41, 5.74) is 2.28. The van der Waals surface area contributed by atoms with E-state index in [1.807, 2.05) is 30.3 Å². The molecule has 2 fully saturated rings. The van der Waals surface area contributed by atoms with E-state index in [2.05, 4.69) is 25.3 Å². The first kappa shape index (κ1) is 16.8. The smallest absolute Gasteiger partial charge is 0.276 e. The molecule has 4 rings (SSSR count). The lowest BCUT2D eigenvalue weighted by Crippen LogP contribution is -2.37. The van der Waals surface area contributed by atoms with Crippen molar-refractivity contribution in [3.63, 3.8) is 0 Å². The molecule has 26 heavy (non-hydrogen) atoms. The SMILES string of the molecule is O=C(Nc1ccc(N2CCCC2)cc1)c1ccc(N2CCOCC2)nn1. The highest BCUT2D eigenvalue weighted by atomic mass is 16.5. The van der Waals surface area contributed by atoms with Gasteiger partial charge in [-0.1, -0.05) is 0 Å². The zero-order valence-corrected chi connectivity index (χ0v) is 14.7. The number of carbonyl (C=O) groups excluding carboxylic acids is 1. The standard InChI is InChI=1S/C19H23N5O2/c25-19(17-7-8-18(22-21-17)24-11-13-26-14-12-24)20-15-3-5-16(6-4-15)23-9-1-2-10-23/h3-8H,1-2,9-14H2,(H,20,25). The van der Waals surface area contributed by atoms with Gasteiger partial charge in [-0.2, -0.15) is 0 Å². The third kappa shape index (κ3) is 3.77. The predicted octanol–water partition coefficient (Wildman–Crippen LogP) is 2.17. The van der Waals surface area contributed by atoms with Crippen LogP contribution in [0, 0.1) is 0 Å². The second-order valence-electron chi connectivity index (χ2n) is 6.57. The van der Waals surface area contributed by atoms with Gasteiger partial charge < -0.3 is 19.9 Å². The molecule has 7 heteroatoms. The molecule has 2 aromatic rings. The predicted molar refractivity (Wildman–Crippen MR) is 101 cm³/mol. The molecule has 0 spiro atoms. The molecule has 0 bridgehead atoms. The van der Waals surface area contributed by atoms with E-state index < -0.39 is 0 Å². The van der Waals surface area contributed by atoms with Crippen LogP contribution in [0.25, 0.3) is 0 Å². The summed E-state index contributed by atoms with van der Waals surface area (Å²) in [6, 6.07) is 11.5. The molecule has 1 N–H and O–H groups in total. The third-order valence-corrected chi connectivity index (χ3v) is 4.81. The number of ether oxygens (including phenoxy) is 1. The summed E-state index contributed by atoms with van der Waals surface area (Å²) in [6.07, 6.45) is 2.50. The molecule has 0 radical (unpaired) electrons. The number of carbonyl (C=O) groups is 1. The van der Waals surface area contributed by atoms with Crippen LogP contribution in [0.1, 0.15) is 23.3 Å². The van der Waals surface area contributed by atoms with Gasteiger partial charge in [0.1, 0.15) is 0 Å². The Kier molecular flexibility index (Phi) is 4.97. The van der Waals surface area contributed by atoms with E-state index in [1.54, 1.807) is 6.07 Å². The summed E-state index contributed by atoms with van der Waals surface area (Å²) in [6.45, 7) is 5.19. The second-order valence-corrected chi connectivity index (χ2v) is 6.57. The van der Waals surface area contributed by atoms with Gasteiger partial charge in [-0.25, -0.2) is 0 Å². The van der Waals surface area contributed by atoms with Crippen molar-refractivity contribution in [3.8, 4) is 0 Å². The van der Waals surface area contributed by atoms with Crippen LogP contribution in [0.2, 0.25) is 0 Å². The van der Waals surface area contributed by atoms with Gasteiger partial charge in [0.15, 0.2) is 11.5 Å². The number of rotatable bonds is 4. The Labute approximate surface area is 153 Å². The third-order valence-electron chi connectivity index (χ3n) is 4.81. The molecule has 2 aliphatic rings. The van der Waals surface area contributed by atoms with Gasteiger partial charge in [0.2, 0.25) is 0 Å². The average Bonchev–Trinajstić information content (AvgIpc) is 3.24. The first-order chi connectivity index (χ1) is 12.8. The summed E-state index contributed by atoms with van der Waals surface area (Å²) in [5, 5.41) is 11.1.